The summed E-state index contributed by atoms with van der Waals surface area (Å²) in [6, 6.07) is 13.3. The Kier molecular flexibility index (Phi) is 4.76. The molecule has 0 bridgehead atoms. The fraction of sp³-hybridized carbons (Fsp3) is 0.118. The number of nitrogens with zero attached hydrogens (tertiary/aromatic N) is 1. The molecule has 0 spiro atoms. The molecule has 0 fully saturated rings. The Morgan fingerprint density at radius 1 is 1.13 bits per heavy atom. The number of aryl methyl sites for hydroxylation is 1. The summed E-state index contributed by atoms with van der Waals surface area (Å²) in [7, 11) is 0. The van der Waals surface area contributed by atoms with E-state index in [-0.39, 0.29) is 6.42 Å². The first kappa shape index (κ1) is 16.1. The maximum atomic E-state index is 10.8. The maximum Gasteiger partial charge on any atom is 0.0631 e. The molecule has 3 nitrogen and oxygen atoms in total. The van der Waals surface area contributed by atoms with Crippen LogP contribution in [0.2, 0.25) is 10.0 Å². The van der Waals surface area contributed by atoms with Crippen molar-refractivity contribution in [2.45, 2.75) is 12.8 Å². The topological polar surface area (TPSA) is 45.1 Å². The Hall–Kier alpha value is -1.75. The largest absolute Gasteiger partial charge is 0.550 e. The summed E-state index contributed by atoms with van der Waals surface area (Å²) in [5.41, 5.74) is 2.73. The molecule has 0 amide bonds. The van der Waals surface area contributed by atoms with Gasteiger partial charge in [0.1, 0.15) is 0 Å². The van der Waals surface area contributed by atoms with E-state index in [1.807, 2.05) is 40.3 Å². The van der Waals surface area contributed by atoms with Gasteiger partial charge in [-0.05, 0) is 54.6 Å². The highest BCUT2D eigenvalue weighted by atomic mass is 35.5. The lowest BCUT2D eigenvalue weighted by Gasteiger charge is -2.14. The highest BCUT2D eigenvalue weighted by Gasteiger charge is 2.13. The van der Waals surface area contributed by atoms with Crippen molar-refractivity contribution in [1.82, 2.24) is 4.57 Å². The predicted molar refractivity (Wildman–Crippen MR) is 92.4 cm³/mol. The molecule has 3 aromatic rings. The molecule has 0 N–H and O–H groups in total. The van der Waals surface area contributed by atoms with Crippen LogP contribution < -0.4 is 5.11 Å². The average Bonchev–Trinajstić information content (AvgIpc) is 3.16. The molecular weight excluding hydrogens is 353 g/mol. The van der Waals surface area contributed by atoms with Crippen LogP contribution in [-0.2, 0) is 11.2 Å². The zero-order chi connectivity index (χ0) is 16.4. The van der Waals surface area contributed by atoms with Gasteiger partial charge in [-0.25, -0.2) is 0 Å². The third kappa shape index (κ3) is 3.44. The number of rotatable bonds is 5. The Morgan fingerprint density at radius 2 is 1.96 bits per heavy atom. The smallest absolute Gasteiger partial charge is 0.0631 e. The van der Waals surface area contributed by atoms with Gasteiger partial charge in [0, 0.05) is 17.4 Å². The molecular formula is C17H12Cl2NO2S-. The number of halogens is 2. The molecule has 2 aromatic heterocycles. The van der Waals surface area contributed by atoms with Gasteiger partial charge in [0.05, 0.1) is 20.6 Å². The second-order valence-corrected chi connectivity index (χ2v) is 6.76. The van der Waals surface area contributed by atoms with Crippen molar-refractivity contribution in [2.24, 2.45) is 0 Å². The van der Waals surface area contributed by atoms with Crippen LogP contribution in [0.5, 0.6) is 0 Å². The Bertz CT molecular complexity index is 840. The molecule has 23 heavy (non-hydrogen) atoms. The van der Waals surface area contributed by atoms with Crippen molar-refractivity contribution < 1.29 is 9.90 Å². The molecule has 0 radical (unpaired) electrons. The van der Waals surface area contributed by atoms with E-state index in [4.69, 9.17) is 23.2 Å². The number of hydrogen-bond acceptors (Lipinski definition) is 3. The Morgan fingerprint density at radius 3 is 2.61 bits per heavy atom. The van der Waals surface area contributed by atoms with Crippen LogP contribution in [0.15, 0.2) is 47.8 Å². The van der Waals surface area contributed by atoms with Crippen LogP contribution in [0.1, 0.15) is 12.1 Å². The van der Waals surface area contributed by atoms with Crippen LogP contribution in [0.3, 0.4) is 0 Å². The fourth-order valence-electron chi connectivity index (χ4n) is 2.45. The van der Waals surface area contributed by atoms with Gasteiger partial charge in [-0.2, -0.15) is 0 Å². The molecule has 0 aliphatic rings. The van der Waals surface area contributed by atoms with Gasteiger partial charge in [-0.3, -0.25) is 0 Å². The van der Waals surface area contributed by atoms with Crippen LogP contribution >= 0.6 is 34.5 Å². The van der Waals surface area contributed by atoms with E-state index in [2.05, 4.69) is 0 Å². The number of aromatic nitrogens is 1. The molecule has 3 rings (SSSR count). The summed E-state index contributed by atoms with van der Waals surface area (Å²) in [5, 5.41) is 13.7. The summed E-state index contributed by atoms with van der Waals surface area (Å²) < 4.78 is 2.01. The van der Waals surface area contributed by atoms with Crippen molar-refractivity contribution in [3.8, 4) is 16.3 Å². The molecule has 2 heterocycles. The van der Waals surface area contributed by atoms with E-state index in [0.29, 0.717) is 16.5 Å². The summed E-state index contributed by atoms with van der Waals surface area (Å²) in [4.78, 5) is 11.9. The molecule has 0 saturated carbocycles. The highest BCUT2D eigenvalue weighted by molar-refractivity contribution is 7.13. The minimum Gasteiger partial charge on any atom is -0.550 e. The molecule has 118 valence electrons. The molecule has 0 aliphatic carbocycles. The second-order valence-electron chi connectivity index (χ2n) is 4.99. The highest BCUT2D eigenvalue weighted by Crippen LogP contribution is 2.32. The van der Waals surface area contributed by atoms with Crippen LogP contribution in [0.25, 0.3) is 16.3 Å². The van der Waals surface area contributed by atoms with Gasteiger partial charge < -0.3 is 14.5 Å². The number of carboxylic acids is 1. The average molecular weight is 365 g/mol. The predicted octanol–water partition coefficient (Wildman–Crippen LogP) is 4.20. The molecule has 0 saturated heterocycles. The maximum absolute atomic E-state index is 10.8. The van der Waals surface area contributed by atoms with Crippen LogP contribution in [0.4, 0.5) is 0 Å². The first-order valence-corrected chi connectivity index (χ1v) is 8.59. The monoisotopic (exact) mass is 364 g/mol. The Balaban J connectivity index is 2.12. The lowest BCUT2D eigenvalue weighted by Crippen LogP contribution is -2.22. The normalized spacial score (nSPS) is 10.9. The number of aliphatic carboxylic acids is 1. The molecule has 0 aliphatic heterocycles. The minimum absolute atomic E-state index is 0.0325. The fourth-order valence-corrected chi connectivity index (χ4v) is 3.48. The zero-order valence-corrected chi connectivity index (χ0v) is 14.3. The number of carbonyl (C=O) groups excluding carboxylic acids is 1. The molecule has 0 atom stereocenters. The van der Waals surface area contributed by atoms with E-state index in [0.717, 1.165) is 22.0 Å². The van der Waals surface area contributed by atoms with Gasteiger partial charge in [-0.15, -0.1) is 11.3 Å². The van der Waals surface area contributed by atoms with Gasteiger partial charge in [-0.1, -0.05) is 29.3 Å². The van der Waals surface area contributed by atoms with E-state index < -0.39 is 5.97 Å². The lowest BCUT2D eigenvalue weighted by atomic mass is 10.2. The number of carbonyl (C=O) groups is 1. The summed E-state index contributed by atoms with van der Waals surface area (Å²) in [5.74, 6) is -1.07. The Labute approximate surface area is 147 Å². The third-order valence-electron chi connectivity index (χ3n) is 3.48. The summed E-state index contributed by atoms with van der Waals surface area (Å²) in [6.07, 6.45) is 0.350. The molecule has 0 unspecified atom stereocenters. The van der Waals surface area contributed by atoms with Gasteiger partial charge >= 0.3 is 0 Å². The van der Waals surface area contributed by atoms with E-state index in [9.17, 15) is 9.90 Å². The van der Waals surface area contributed by atoms with E-state index in [1.54, 1.807) is 23.5 Å². The third-order valence-corrected chi connectivity index (χ3v) is 5.11. The summed E-state index contributed by atoms with van der Waals surface area (Å²) >= 11 is 13.8. The minimum atomic E-state index is -1.07. The van der Waals surface area contributed by atoms with Crippen LogP contribution in [0, 0.1) is 0 Å². The van der Waals surface area contributed by atoms with Gasteiger partial charge in [0.2, 0.25) is 0 Å². The van der Waals surface area contributed by atoms with Gasteiger partial charge in [0.15, 0.2) is 0 Å². The van der Waals surface area contributed by atoms with Crippen molar-refractivity contribution in [3.05, 3.63) is 63.6 Å². The zero-order valence-electron chi connectivity index (χ0n) is 12.0. The number of hydrogen-bond donors (Lipinski definition) is 0. The van der Waals surface area contributed by atoms with E-state index >= 15 is 0 Å². The lowest BCUT2D eigenvalue weighted by molar-refractivity contribution is -0.305. The van der Waals surface area contributed by atoms with Crippen molar-refractivity contribution in [2.75, 3.05) is 0 Å². The molecule has 1 aromatic carbocycles. The SMILES string of the molecule is O=C([O-])CCc1ccc(-c2cccs2)n1-c1ccc(Cl)c(Cl)c1. The quantitative estimate of drug-likeness (QED) is 0.680. The summed E-state index contributed by atoms with van der Waals surface area (Å²) in [6.45, 7) is 0. The molecule has 6 heteroatoms. The van der Waals surface area contributed by atoms with Gasteiger partial charge in [0.25, 0.3) is 0 Å². The first-order valence-electron chi connectivity index (χ1n) is 6.96. The number of thiophene rings is 1. The second kappa shape index (κ2) is 6.79. The van der Waals surface area contributed by atoms with Crippen LogP contribution in [-0.4, -0.2) is 10.5 Å². The van der Waals surface area contributed by atoms with Crippen molar-refractivity contribution in [1.29, 1.82) is 0 Å². The van der Waals surface area contributed by atoms with E-state index in [1.165, 1.54) is 0 Å². The first-order chi connectivity index (χ1) is 11.1. The standard InChI is InChI=1S/C17H13Cl2NO2S/c18-13-6-3-12(10-14(13)19)20-11(5-8-17(21)22)4-7-15(20)16-2-1-9-23-16/h1-4,6-7,9-10H,5,8H2,(H,21,22)/p-1. The van der Waals surface area contributed by atoms with Crippen molar-refractivity contribution in [3.63, 3.8) is 0 Å². The number of benzene rings is 1. The van der Waals surface area contributed by atoms with Crippen molar-refractivity contribution >= 4 is 40.5 Å². The number of carboxylic acid groups (broad SMARTS) is 1.